The van der Waals surface area contributed by atoms with Crippen molar-refractivity contribution < 1.29 is 28.6 Å². The molecule has 2 unspecified atom stereocenters. The second-order valence-electron chi connectivity index (χ2n) is 9.67. The molecule has 0 aromatic heterocycles. The third kappa shape index (κ3) is 5.38. The van der Waals surface area contributed by atoms with Gasteiger partial charge in [0.2, 0.25) is 6.29 Å². The molecule has 2 atom stereocenters. The number of carbonyl (C=O) groups excluding carboxylic acids is 1. The van der Waals surface area contributed by atoms with Crippen LogP contribution >= 0.6 is 0 Å². The standard InChI is InChI=1S/C24H36O6Si/c1-13(12-14(2)21(25)26)10-11-16-19(24(4,5)6)18-17(15(3)20(16)28-7)23(29-22(18)27)30-31(8)9/h10,14,23,31H,11-12H2,1-9H3,(H,25,26). The number of rotatable bonds is 8. The Morgan fingerprint density at radius 3 is 2.42 bits per heavy atom. The number of hydrogen-bond acceptors (Lipinski definition) is 5. The molecule has 0 amide bonds. The van der Waals surface area contributed by atoms with Gasteiger partial charge in [0.25, 0.3) is 0 Å². The van der Waals surface area contributed by atoms with Gasteiger partial charge in [0.05, 0.1) is 18.6 Å². The molecule has 1 aliphatic heterocycles. The first kappa shape index (κ1) is 25.1. The molecule has 7 heteroatoms. The van der Waals surface area contributed by atoms with E-state index in [4.69, 9.17) is 13.9 Å². The molecule has 1 aliphatic rings. The van der Waals surface area contributed by atoms with Gasteiger partial charge in [0.1, 0.15) is 5.75 Å². The number of carboxylic acid groups (broad SMARTS) is 1. The molecule has 1 aromatic carbocycles. The Balaban J connectivity index is 2.67. The van der Waals surface area contributed by atoms with Gasteiger partial charge in [-0.15, -0.1) is 0 Å². The monoisotopic (exact) mass is 448 g/mol. The molecule has 2 rings (SSSR count). The number of allylic oxidation sites excluding steroid dienone is 2. The van der Waals surface area contributed by atoms with Gasteiger partial charge in [0, 0.05) is 16.7 Å². The van der Waals surface area contributed by atoms with Crippen LogP contribution in [0.25, 0.3) is 0 Å². The second-order valence-corrected chi connectivity index (χ2v) is 12.0. The highest BCUT2D eigenvalue weighted by Crippen LogP contribution is 2.47. The highest BCUT2D eigenvalue weighted by atomic mass is 28.3. The first-order valence-electron chi connectivity index (χ1n) is 10.8. The van der Waals surface area contributed by atoms with E-state index in [1.807, 2.05) is 33.0 Å². The first-order chi connectivity index (χ1) is 14.3. The molecule has 31 heavy (non-hydrogen) atoms. The van der Waals surface area contributed by atoms with Crippen LogP contribution in [0.5, 0.6) is 5.75 Å². The lowest BCUT2D eigenvalue weighted by Crippen LogP contribution is -2.21. The maximum atomic E-state index is 13.0. The summed E-state index contributed by atoms with van der Waals surface area (Å²) in [4.78, 5) is 24.2. The van der Waals surface area contributed by atoms with E-state index in [2.05, 4.69) is 20.8 Å². The molecule has 0 bridgehead atoms. The number of cyclic esters (lactones) is 1. The second kappa shape index (κ2) is 9.57. The van der Waals surface area contributed by atoms with Crippen molar-refractivity contribution in [3.63, 3.8) is 0 Å². The summed E-state index contributed by atoms with van der Waals surface area (Å²) in [7, 11) is 0.187. The highest BCUT2D eigenvalue weighted by Gasteiger charge is 2.41. The van der Waals surface area contributed by atoms with Gasteiger partial charge in [-0.1, -0.05) is 39.3 Å². The summed E-state index contributed by atoms with van der Waals surface area (Å²) >= 11 is 0. The number of carbonyl (C=O) groups is 2. The smallest absolute Gasteiger partial charge is 0.341 e. The molecule has 1 aromatic rings. The van der Waals surface area contributed by atoms with Crippen LogP contribution < -0.4 is 4.74 Å². The summed E-state index contributed by atoms with van der Waals surface area (Å²) in [5.41, 5.74) is 4.72. The molecular formula is C24H36O6Si. The Hall–Kier alpha value is -2.12. The number of carboxylic acids is 1. The maximum Gasteiger partial charge on any atom is 0.341 e. The number of hydrogen-bond donors (Lipinski definition) is 1. The molecule has 0 saturated heterocycles. The van der Waals surface area contributed by atoms with Crippen LogP contribution in [0.3, 0.4) is 0 Å². The minimum atomic E-state index is -1.45. The van der Waals surface area contributed by atoms with E-state index < -0.39 is 27.2 Å². The van der Waals surface area contributed by atoms with Crippen molar-refractivity contribution in [1.29, 1.82) is 0 Å². The largest absolute Gasteiger partial charge is 0.496 e. The van der Waals surface area contributed by atoms with Gasteiger partial charge >= 0.3 is 11.9 Å². The fourth-order valence-electron chi connectivity index (χ4n) is 4.23. The number of fused-ring (bicyclic) bond motifs is 1. The van der Waals surface area contributed by atoms with E-state index in [0.29, 0.717) is 18.4 Å². The molecule has 0 spiro atoms. The minimum Gasteiger partial charge on any atom is -0.496 e. The van der Waals surface area contributed by atoms with Crippen LogP contribution in [0.1, 0.15) is 79.9 Å². The molecule has 1 N–H and O–H groups in total. The zero-order chi connectivity index (χ0) is 23.7. The first-order valence-corrected chi connectivity index (χ1v) is 13.6. The van der Waals surface area contributed by atoms with Gasteiger partial charge in [-0.25, -0.2) is 4.79 Å². The quantitative estimate of drug-likeness (QED) is 0.340. The summed E-state index contributed by atoms with van der Waals surface area (Å²) in [5.74, 6) is -0.880. The van der Waals surface area contributed by atoms with Gasteiger partial charge in [-0.2, -0.15) is 0 Å². The number of benzene rings is 1. The summed E-state index contributed by atoms with van der Waals surface area (Å²) in [6.07, 6.45) is 2.36. The van der Waals surface area contributed by atoms with Gasteiger partial charge in [0.15, 0.2) is 9.04 Å². The molecule has 0 fully saturated rings. The SMILES string of the molecule is COc1c(C)c2c(c(C(C)(C)C)c1CC=C(C)CC(C)C(=O)O)C(=O)OC2O[SiH](C)C. The molecule has 6 nitrogen and oxygen atoms in total. The molecule has 172 valence electrons. The summed E-state index contributed by atoms with van der Waals surface area (Å²) in [6, 6.07) is 0. The van der Waals surface area contributed by atoms with Crippen LogP contribution in [0, 0.1) is 12.8 Å². The summed E-state index contributed by atoms with van der Waals surface area (Å²) in [5, 5.41) is 9.20. The van der Waals surface area contributed by atoms with E-state index in [1.54, 1.807) is 14.0 Å². The Morgan fingerprint density at radius 2 is 1.94 bits per heavy atom. The number of ether oxygens (including phenoxy) is 2. The molecule has 0 saturated carbocycles. The third-order valence-electron chi connectivity index (χ3n) is 5.55. The number of methoxy groups -OCH3 is 1. The minimum absolute atomic E-state index is 0.334. The van der Waals surface area contributed by atoms with Crippen molar-refractivity contribution >= 4 is 21.0 Å². The lowest BCUT2D eigenvalue weighted by Gasteiger charge is -2.28. The predicted octanol–water partition coefficient (Wildman–Crippen LogP) is 5.07. The van der Waals surface area contributed by atoms with Crippen molar-refractivity contribution in [2.24, 2.45) is 5.92 Å². The Bertz CT molecular complexity index is 895. The zero-order valence-electron chi connectivity index (χ0n) is 20.2. The van der Waals surface area contributed by atoms with Crippen molar-refractivity contribution in [2.75, 3.05) is 7.11 Å². The fourth-order valence-corrected chi connectivity index (χ4v) is 4.91. The van der Waals surface area contributed by atoms with Gasteiger partial charge in [-0.3, -0.25) is 4.79 Å². The lowest BCUT2D eigenvalue weighted by atomic mass is 9.76. The average Bonchev–Trinajstić information content (AvgIpc) is 2.94. The average molecular weight is 449 g/mol. The third-order valence-corrected chi connectivity index (χ3v) is 6.34. The van der Waals surface area contributed by atoms with Gasteiger partial charge in [-0.05, 0) is 50.8 Å². The van der Waals surface area contributed by atoms with E-state index in [1.165, 1.54) is 0 Å². The number of esters is 1. The van der Waals surface area contributed by atoms with Crippen LogP contribution in [-0.2, 0) is 25.8 Å². The Kier molecular flexibility index (Phi) is 7.76. The molecule has 0 aliphatic carbocycles. The maximum absolute atomic E-state index is 13.0. The normalized spacial score (nSPS) is 17.5. The fraction of sp³-hybridized carbons (Fsp3) is 0.583. The van der Waals surface area contributed by atoms with E-state index in [9.17, 15) is 14.7 Å². The van der Waals surface area contributed by atoms with E-state index >= 15 is 0 Å². The van der Waals surface area contributed by atoms with Crippen LogP contribution in [-0.4, -0.2) is 33.2 Å². The Labute approximate surface area is 187 Å². The summed E-state index contributed by atoms with van der Waals surface area (Å²) < 4.78 is 17.5. The van der Waals surface area contributed by atoms with Crippen molar-refractivity contribution in [3.05, 3.63) is 39.5 Å². The summed E-state index contributed by atoms with van der Waals surface area (Å²) in [6.45, 7) is 15.9. The zero-order valence-corrected chi connectivity index (χ0v) is 21.4. The van der Waals surface area contributed by atoms with Crippen LogP contribution in [0.15, 0.2) is 11.6 Å². The van der Waals surface area contributed by atoms with Crippen LogP contribution in [0.2, 0.25) is 13.1 Å². The molecular weight excluding hydrogens is 412 g/mol. The van der Waals surface area contributed by atoms with Crippen molar-refractivity contribution in [2.45, 2.75) is 79.2 Å². The van der Waals surface area contributed by atoms with E-state index in [0.717, 1.165) is 33.6 Å². The Morgan fingerprint density at radius 1 is 1.32 bits per heavy atom. The number of aliphatic carboxylic acids is 1. The van der Waals surface area contributed by atoms with E-state index in [-0.39, 0.29) is 11.4 Å². The molecule has 1 heterocycles. The van der Waals surface area contributed by atoms with Crippen molar-refractivity contribution in [3.8, 4) is 5.75 Å². The molecule has 0 radical (unpaired) electrons. The van der Waals surface area contributed by atoms with Crippen LogP contribution in [0.4, 0.5) is 0 Å². The van der Waals surface area contributed by atoms with Crippen molar-refractivity contribution in [1.82, 2.24) is 0 Å². The lowest BCUT2D eigenvalue weighted by molar-refractivity contribution is -0.141. The topological polar surface area (TPSA) is 82.1 Å². The van der Waals surface area contributed by atoms with Gasteiger partial charge < -0.3 is 19.0 Å². The highest BCUT2D eigenvalue weighted by molar-refractivity contribution is 6.48. The predicted molar refractivity (Wildman–Crippen MR) is 123 cm³/mol.